The topological polar surface area (TPSA) is 75.8 Å². The summed E-state index contributed by atoms with van der Waals surface area (Å²) >= 11 is 0. The summed E-state index contributed by atoms with van der Waals surface area (Å²) in [4.78, 5) is 18.9. The smallest absolute Gasteiger partial charge is 0.231 e. The van der Waals surface area contributed by atoms with E-state index in [9.17, 15) is 9.00 Å². The Morgan fingerprint density at radius 2 is 1.84 bits per heavy atom. The lowest BCUT2D eigenvalue weighted by molar-refractivity contribution is -0.128. The molecule has 5 nitrogen and oxygen atoms in total. The molecule has 1 aliphatic heterocycles. The molecule has 0 radical (unpaired) electrons. The number of nitrogens with two attached hydrogens (primary N) is 1. The number of hydrogen-bond acceptors (Lipinski definition) is 4. The largest absolute Gasteiger partial charge is 0.369 e. The molecule has 0 aliphatic carbocycles. The van der Waals surface area contributed by atoms with Crippen molar-refractivity contribution in [2.24, 2.45) is 10.7 Å². The summed E-state index contributed by atoms with van der Waals surface area (Å²) in [7, 11) is 0.641. The molecule has 0 spiro atoms. The second-order valence-electron chi connectivity index (χ2n) is 6.43. The van der Waals surface area contributed by atoms with Crippen LogP contribution in [0.1, 0.15) is 18.9 Å². The first-order valence-electron chi connectivity index (χ1n) is 7.96. The summed E-state index contributed by atoms with van der Waals surface area (Å²) in [5, 5.41) is 0. The predicted molar refractivity (Wildman–Crippen MR) is 101 cm³/mol. The zero-order valence-corrected chi connectivity index (χ0v) is 15.3. The van der Waals surface area contributed by atoms with Gasteiger partial charge in [-0.2, -0.15) is 0 Å². The number of benzene rings is 2. The van der Waals surface area contributed by atoms with Crippen LogP contribution in [0, 0.1) is 0 Å². The lowest BCUT2D eigenvalue weighted by atomic mass is 9.86. The Labute approximate surface area is 150 Å². The maximum atomic E-state index is 12.2. The second kappa shape index (κ2) is 6.44. The summed E-state index contributed by atoms with van der Waals surface area (Å²) in [5.41, 5.74) is 8.22. The molecule has 0 saturated heterocycles. The highest BCUT2D eigenvalue weighted by atomic mass is 32.2. The molecule has 3 rings (SSSR count). The summed E-state index contributed by atoms with van der Waals surface area (Å²) in [5.74, 6) is 0.189. The predicted octanol–water partition coefficient (Wildman–Crippen LogP) is 2.48. The average Bonchev–Trinajstić information content (AvgIpc) is 2.60. The highest BCUT2D eigenvalue weighted by Gasteiger charge is 2.36. The van der Waals surface area contributed by atoms with Crippen molar-refractivity contribution >= 4 is 22.7 Å². The van der Waals surface area contributed by atoms with Gasteiger partial charge in [-0.05, 0) is 41.8 Å². The molecule has 1 amide bonds. The van der Waals surface area contributed by atoms with Crippen LogP contribution in [0.15, 0.2) is 58.4 Å². The van der Waals surface area contributed by atoms with Gasteiger partial charge in [0.2, 0.25) is 5.91 Å². The Bertz CT molecular complexity index is 876. The van der Waals surface area contributed by atoms with Crippen molar-refractivity contribution in [1.29, 1.82) is 0 Å². The highest BCUT2D eigenvalue weighted by Crippen LogP contribution is 2.35. The monoisotopic (exact) mass is 355 g/mol. The Hall–Kier alpha value is -2.47. The van der Waals surface area contributed by atoms with Gasteiger partial charge in [0.1, 0.15) is 0 Å². The van der Waals surface area contributed by atoms with Crippen molar-refractivity contribution in [1.82, 2.24) is 4.90 Å². The third kappa shape index (κ3) is 3.35. The Kier molecular flexibility index (Phi) is 4.47. The molecule has 130 valence electrons. The SMILES string of the molecule is CN1C(=O)CC(C)(c2cccc(-c3ccc(S(C)=O)cc3)c2)N=C1N. The minimum atomic E-state index is -0.994. The zero-order valence-electron chi connectivity index (χ0n) is 14.5. The molecule has 25 heavy (non-hydrogen) atoms. The average molecular weight is 355 g/mol. The molecule has 1 aliphatic rings. The molecule has 0 aromatic heterocycles. The molecule has 2 aromatic carbocycles. The van der Waals surface area contributed by atoms with Gasteiger partial charge in [0.15, 0.2) is 5.96 Å². The van der Waals surface area contributed by atoms with E-state index in [1.54, 1.807) is 13.3 Å². The van der Waals surface area contributed by atoms with Gasteiger partial charge in [-0.25, -0.2) is 4.99 Å². The summed E-state index contributed by atoms with van der Waals surface area (Å²) in [6.45, 7) is 1.92. The van der Waals surface area contributed by atoms with Crippen molar-refractivity contribution in [2.45, 2.75) is 23.8 Å². The summed E-state index contributed by atoms with van der Waals surface area (Å²) < 4.78 is 11.5. The van der Waals surface area contributed by atoms with Gasteiger partial charge < -0.3 is 5.73 Å². The first kappa shape index (κ1) is 17.4. The molecule has 2 aromatic rings. The molecule has 6 heteroatoms. The number of guanidine groups is 1. The molecule has 2 atom stereocenters. The van der Waals surface area contributed by atoms with Crippen molar-refractivity contribution in [3.63, 3.8) is 0 Å². The number of amides is 1. The van der Waals surface area contributed by atoms with Crippen LogP contribution < -0.4 is 5.73 Å². The van der Waals surface area contributed by atoms with Crippen molar-refractivity contribution in [3.05, 3.63) is 54.1 Å². The number of nitrogens with zero attached hydrogens (tertiary/aromatic N) is 2. The fourth-order valence-corrected chi connectivity index (χ4v) is 3.47. The van der Waals surface area contributed by atoms with Gasteiger partial charge in [-0.3, -0.25) is 13.9 Å². The molecular weight excluding hydrogens is 334 g/mol. The van der Waals surface area contributed by atoms with Gasteiger partial charge in [-0.1, -0.05) is 30.3 Å². The van der Waals surface area contributed by atoms with Crippen molar-refractivity contribution < 1.29 is 9.00 Å². The minimum absolute atomic E-state index is 0.0461. The maximum Gasteiger partial charge on any atom is 0.231 e. The first-order chi connectivity index (χ1) is 11.8. The molecule has 2 N–H and O–H groups in total. The van der Waals surface area contributed by atoms with Crippen LogP contribution in [-0.4, -0.2) is 34.3 Å². The molecule has 0 saturated carbocycles. The fourth-order valence-electron chi connectivity index (χ4n) is 2.95. The Morgan fingerprint density at radius 1 is 1.16 bits per heavy atom. The van der Waals surface area contributed by atoms with Gasteiger partial charge in [-0.15, -0.1) is 0 Å². The normalized spacial score (nSPS) is 21.8. The van der Waals surface area contributed by atoms with Crippen LogP contribution >= 0.6 is 0 Å². The number of carbonyl (C=O) groups excluding carboxylic acids is 1. The second-order valence-corrected chi connectivity index (χ2v) is 7.81. The Morgan fingerprint density at radius 3 is 2.44 bits per heavy atom. The van der Waals surface area contributed by atoms with E-state index in [4.69, 9.17) is 5.73 Å². The van der Waals surface area contributed by atoms with Gasteiger partial charge in [0, 0.05) is 29.0 Å². The molecule has 2 unspecified atom stereocenters. The number of carbonyl (C=O) groups is 1. The van der Waals surface area contributed by atoms with Crippen LogP contribution in [0.3, 0.4) is 0 Å². The number of aliphatic imine (C=N–C) groups is 1. The molecule has 1 heterocycles. The van der Waals surface area contributed by atoms with Crippen LogP contribution in [-0.2, 0) is 21.1 Å². The van der Waals surface area contributed by atoms with E-state index < -0.39 is 16.3 Å². The van der Waals surface area contributed by atoms with Crippen molar-refractivity contribution in [3.8, 4) is 11.1 Å². The van der Waals surface area contributed by atoms with E-state index in [1.165, 1.54) is 4.90 Å². The van der Waals surface area contributed by atoms with E-state index in [-0.39, 0.29) is 18.3 Å². The van der Waals surface area contributed by atoms with E-state index in [0.29, 0.717) is 0 Å². The van der Waals surface area contributed by atoms with Gasteiger partial charge in [0.05, 0.1) is 12.0 Å². The quantitative estimate of drug-likeness (QED) is 0.919. The third-order valence-corrected chi connectivity index (χ3v) is 5.51. The fraction of sp³-hybridized carbons (Fsp3) is 0.263. The van der Waals surface area contributed by atoms with Crippen molar-refractivity contribution in [2.75, 3.05) is 13.3 Å². The first-order valence-corrected chi connectivity index (χ1v) is 9.52. The molecular formula is C19H21N3O2S. The van der Waals surface area contributed by atoms with Crippen LogP contribution in [0.4, 0.5) is 0 Å². The van der Waals surface area contributed by atoms with E-state index in [1.807, 2.05) is 55.5 Å². The van der Waals surface area contributed by atoms with Gasteiger partial charge in [0.25, 0.3) is 0 Å². The maximum absolute atomic E-state index is 12.2. The van der Waals surface area contributed by atoms with E-state index in [2.05, 4.69) is 4.99 Å². The number of hydrogen-bond donors (Lipinski definition) is 1. The molecule has 0 fully saturated rings. The third-order valence-electron chi connectivity index (χ3n) is 4.58. The highest BCUT2D eigenvalue weighted by molar-refractivity contribution is 7.84. The minimum Gasteiger partial charge on any atom is -0.369 e. The zero-order chi connectivity index (χ0) is 18.2. The summed E-state index contributed by atoms with van der Waals surface area (Å²) in [6, 6.07) is 15.6. The standard InChI is InChI=1S/C19H21N3O2S/c1-19(12-17(23)22(2)18(20)21-19)15-6-4-5-14(11-15)13-7-9-16(10-8-13)25(3)24/h4-11H,12H2,1-3H3,(H2,20,21). The lowest BCUT2D eigenvalue weighted by Crippen LogP contribution is -2.47. The Balaban J connectivity index is 1.99. The van der Waals surface area contributed by atoms with Gasteiger partial charge >= 0.3 is 0 Å². The summed E-state index contributed by atoms with van der Waals surface area (Å²) in [6.07, 6.45) is 1.94. The lowest BCUT2D eigenvalue weighted by Gasteiger charge is -2.33. The van der Waals surface area contributed by atoms with Crippen LogP contribution in [0.25, 0.3) is 11.1 Å². The van der Waals surface area contributed by atoms with Crippen LogP contribution in [0.2, 0.25) is 0 Å². The number of rotatable bonds is 3. The molecule has 0 bridgehead atoms. The van der Waals surface area contributed by atoms with Crippen LogP contribution in [0.5, 0.6) is 0 Å². The van der Waals surface area contributed by atoms with E-state index in [0.717, 1.165) is 21.6 Å². The van der Waals surface area contributed by atoms with E-state index >= 15 is 0 Å².